The number of ether oxygens (including phenoxy) is 1. The number of hydrogen-bond acceptors (Lipinski definition) is 5. The molecule has 0 fully saturated rings. The number of nitrogens with one attached hydrogen (secondary N) is 1. The van der Waals surface area contributed by atoms with Crippen LogP contribution >= 0.6 is 15.9 Å². The number of alkyl halides is 2. The van der Waals surface area contributed by atoms with Crippen LogP contribution in [0.15, 0.2) is 71.5 Å². The number of aromatic nitrogens is 5. The Morgan fingerprint density at radius 2 is 1.92 bits per heavy atom. The van der Waals surface area contributed by atoms with Crippen LogP contribution in [0.2, 0.25) is 0 Å². The molecule has 0 aliphatic rings. The summed E-state index contributed by atoms with van der Waals surface area (Å²) in [6.45, 7) is 0.340. The molecule has 12 heteroatoms. The first-order valence-electron chi connectivity index (χ1n) is 10.9. The molecule has 3 aromatic heterocycles. The minimum atomic E-state index is -2.87. The van der Waals surface area contributed by atoms with Gasteiger partial charge in [-0.1, -0.05) is 24.3 Å². The standard InChI is InChI=1S/C25H18BrF3N6O2/c1-37-21-5-3-2-4-16(21)19-10-20(22(28)29)35-24(31-19)17(11-30-35)25(36)32-23-18(26)13-34(33-23)12-14-6-8-15(27)9-7-14/h2-11,13,22H,12H2,1H3,(H,32,33,36). The molecule has 2 aromatic carbocycles. The molecule has 188 valence electrons. The minimum Gasteiger partial charge on any atom is -0.496 e. The van der Waals surface area contributed by atoms with Crippen molar-refractivity contribution in [3.63, 3.8) is 0 Å². The first-order valence-corrected chi connectivity index (χ1v) is 11.7. The van der Waals surface area contributed by atoms with Crippen LogP contribution in [0.4, 0.5) is 19.0 Å². The second kappa shape index (κ2) is 10.1. The Labute approximate surface area is 216 Å². The van der Waals surface area contributed by atoms with Gasteiger partial charge in [0, 0.05) is 11.8 Å². The molecule has 3 heterocycles. The third-order valence-electron chi connectivity index (χ3n) is 5.56. The predicted molar refractivity (Wildman–Crippen MR) is 133 cm³/mol. The zero-order valence-electron chi connectivity index (χ0n) is 19.2. The Balaban J connectivity index is 1.48. The summed E-state index contributed by atoms with van der Waals surface area (Å²) >= 11 is 3.36. The van der Waals surface area contributed by atoms with E-state index in [4.69, 9.17) is 4.74 Å². The molecule has 1 amide bonds. The summed E-state index contributed by atoms with van der Waals surface area (Å²) < 4.78 is 49.4. The summed E-state index contributed by atoms with van der Waals surface area (Å²) in [4.78, 5) is 17.6. The Kier molecular flexibility index (Phi) is 6.66. The number of halogens is 4. The molecule has 0 unspecified atom stereocenters. The van der Waals surface area contributed by atoms with Crippen molar-refractivity contribution in [1.82, 2.24) is 24.4 Å². The number of amides is 1. The van der Waals surface area contributed by atoms with Crippen molar-refractivity contribution in [2.45, 2.75) is 13.0 Å². The molecule has 0 radical (unpaired) electrons. The second-order valence-corrected chi connectivity index (χ2v) is 8.82. The molecule has 37 heavy (non-hydrogen) atoms. The van der Waals surface area contributed by atoms with Crippen molar-refractivity contribution >= 4 is 33.3 Å². The third-order valence-corrected chi connectivity index (χ3v) is 6.14. The van der Waals surface area contributed by atoms with E-state index in [1.54, 1.807) is 47.3 Å². The predicted octanol–water partition coefficient (Wildman–Crippen LogP) is 5.74. The van der Waals surface area contributed by atoms with Gasteiger partial charge in [-0.3, -0.25) is 9.48 Å². The van der Waals surface area contributed by atoms with Gasteiger partial charge in [0.25, 0.3) is 12.3 Å². The van der Waals surface area contributed by atoms with Crippen LogP contribution in [0.1, 0.15) is 28.0 Å². The number of methoxy groups -OCH3 is 1. The van der Waals surface area contributed by atoms with Gasteiger partial charge in [0.1, 0.15) is 22.8 Å². The van der Waals surface area contributed by atoms with Crippen LogP contribution in [0.5, 0.6) is 5.75 Å². The number of para-hydroxylation sites is 1. The van der Waals surface area contributed by atoms with E-state index in [0.29, 0.717) is 22.3 Å². The van der Waals surface area contributed by atoms with E-state index >= 15 is 0 Å². The van der Waals surface area contributed by atoms with Gasteiger partial charge in [0.05, 0.1) is 30.0 Å². The van der Waals surface area contributed by atoms with Gasteiger partial charge in [-0.25, -0.2) is 22.7 Å². The Morgan fingerprint density at radius 3 is 2.65 bits per heavy atom. The Morgan fingerprint density at radius 1 is 1.16 bits per heavy atom. The lowest BCUT2D eigenvalue weighted by molar-refractivity contribution is 0.102. The zero-order chi connectivity index (χ0) is 26.1. The first kappa shape index (κ1) is 24.5. The van der Waals surface area contributed by atoms with Crippen molar-refractivity contribution in [1.29, 1.82) is 0 Å². The number of carbonyl (C=O) groups is 1. The van der Waals surface area contributed by atoms with E-state index in [1.807, 2.05) is 0 Å². The highest BCUT2D eigenvalue weighted by Gasteiger charge is 2.23. The highest BCUT2D eigenvalue weighted by Crippen LogP contribution is 2.32. The largest absolute Gasteiger partial charge is 0.496 e. The monoisotopic (exact) mass is 570 g/mol. The lowest BCUT2D eigenvalue weighted by Gasteiger charge is -2.11. The van der Waals surface area contributed by atoms with Gasteiger partial charge in [-0.15, -0.1) is 0 Å². The molecular formula is C25H18BrF3N6O2. The molecule has 0 saturated carbocycles. The lowest BCUT2D eigenvalue weighted by atomic mass is 10.1. The fourth-order valence-corrected chi connectivity index (χ4v) is 4.23. The number of carbonyl (C=O) groups excluding carboxylic acids is 1. The molecule has 5 rings (SSSR count). The van der Waals surface area contributed by atoms with E-state index in [-0.39, 0.29) is 28.5 Å². The van der Waals surface area contributed by atoms with Crippen molar-refractivity contribution < 1.29 is 22.7 Å². The van der Waals surface area contributed by atoms with E-state index in [0.717, 1.165) is 10.1 Å². The fourth-order valence-electron chi connectivity index (χ4n) is 3.81. The summed E-state index contributed by atoms with van der Waals surface area (Å²) in [5.41, 5.74) is 1.03. The van der Waals surface area contributed by atoms with Crippen LogP contribution in [0.3, 0.4) is 0 Å². The maximum atomic E-state index is 13.9. The average Bonchev–Trinajstić information content (AvgIpc) is 3.47. The van der Waals surface area contributed by atoms with Crippen LogP contribution in [0.25, 0.3) is 16.9 Å². The quantitative estimate of drug-likeness (QED) is 0.269. The summed E-state index contributed by atoms with van der Waals surface area (Å²) in [5.74, 6) is -0.320. The number of benzene rings is 2. The zero-order valence-corrected chi connectivity index (χ0v) is 20.8. The van der Waals surface area contributed by atoms with Crippen LogP contribution in [0, 0.1) is 5.82 Å². The van der Waals surface area contributed by atoms with Gasteiger partial charge < -0.3 is 10.1 Å². The van der Waals surface area contributed by atoms with E-state index in [9.17, 15) is 18.0 Å². The molecule has 0 aliphatic heterocycles. The van der Waals surface area contributed by atoms with E-state index in [2.05, 4.69) is 36.4 Å². The smallest absolute Gasteiger partial charge is 0.280 e. The molecule has 5 aromatic rings. The maximum Gasteiger partial charge on any atom is 0.280 e. The van der Waals surface area contributed by atoms with Gasteiger partial charge in [0.2, 0.25) is 0 Å². The van der Waals surface area contributed by atoms with Gasteiger partial charge >= 0.3 is 0 Å². The number of rotatable bonds is 7. The Bertz CT molecular complexity index is 1600. The maximum absolute atomic E-state index is 13.9. The lowest BCUT2D eigenvalue weighted by Crippen LogP contribution is -2.14. The molecule has 1 N–H and O–H groups in total. The van der Waals surface area contributed by atoms with Crippen molar-refractivity contribution in [3.8, 4) is 17.0 Å². The van der Waals surface area contributed by atoms with E-state index < -0.39 is 18.0 Å². The molecule has 0 aliphatic carbocycles. The second-order valence-electron chi connectivity index (χ2n) is 7.96. The number of nitrogens with zero attached hydrogens (tertiary/aromatic N) is 5. The summed E-state index contributed by atoms with van der Waals surface area (Å²) in [6, 6.07) is 14.0. The molecule has 0 spiro atoms. The first-order chi connectivity index (χ1) is 17.8. The third kappa shape index (κ3) is 4.92. The van der Waals surface area contributed by atoms with Crippen LogP contribution < -0.4 is 10.1 Å². The highest BCUT2D eigenvalue weighted by molar-refractivity contribution is 9.10. The minimum absolute atomic E-state index is 0.0152. The molecule has 0 saturated heterocycles. The number of hydrogen-bond donors (Lipinski definition) is 1. The summed E-state index contributed by atoms with van der Waals surface area (Å²) in [6.07, 6.45) is -0.0351. The normalized spacial score (nSPS) is 11.3. The van der Waals surface area contributed by atoms with Gasteiger partial charge in [-0.2, -0.15) is 10.2 Å². The van der Waals surface area contributed by atoms with Gasteiger partial charge in [-0.05, 0) is 51.8 Å². The molecule has 0 atom stereocenters. The molecule has 8 nitrogen and oxygen atoms in total. The van der Waals surface area contributed by atoms with E-state index in [1.165, 1.54) is 31.5 Å². The summed E-state index contributed by atoms with van der Waals surface area (Å²) in [7, 11) is 1.47. The van der Waals surface area contributed by atoms with Gasteiger partial charge in [0.15, 0.2) is 11.5 Å². The van der Waals surface area contributed by atoms with Crippen LogP contribution in [-0.4, -0.2) is 37.4 Å². The van der Waals surface area contributed by atoms with Crippen LogP contribution in [-0.2, 0) is 6.54 Å². The average molecular weight is 571 g/mol. The SMILES string of the molecule is COc1ccccc1-c1cc(C(F)F)n2ncc(C(=O)Nc3nn(Cc4ccc(F)cc4)cc3Br)c2n1. The fraction of sp³-hybridized carbons (Fsp3) is 0.120. The number of anilines is 1. The molecule has 0 bridgehead atoms. The summed E-state index contributed by atoms with van der Waals surface area (Å²) in [5, 5.41) is 11.0. The topological polar surface area (TPSA) is 86.3 Å². The Hall–Kier alpha value is -4.19. The van der Waals surface area contributed by atoms with Crippen molar-refractivity contribution in [2.24, 2.45) is 0 Å². The highest BCUT2D eigenvalue weighted by atomic mass is 79.9. The number of fused-ring (bicyclic) bond motifs is 1. The molecular weight excluding hydrogens is 553 g/mol. The van der Waals surface area contributed by atoms with Crippen molar-refractivity contribution in [3.05, 3.63) is 94.1 Å². The van der Waals surface area contributed by atoms with Crippen molar-refractivity contribution in [2.75, 3.05) is 12.4 Å².